The third-order valence-electron chi connectivity index (χ3n) is 5.00. The molecule has 3 rings (SSSR count). The van der Waals surface area contributed by atoms with E-state index in [1.807, 2.05) is 55.5 Å². The molecule has 1 heterocycles. The molecule has 0 radical (unpaired) electrons. The highest BCUT2D eigenvalue weighted by atomic mass is 16.6. The average molecular weight is 438 g/mol. The summed E-state index contributed by atoms with van der Waals surface area (Å²) in [6, 6.07) is 15.5. The number of ether oxygens (including phenoxy) is 3. The highest BCUT2D eigenvalue weighted by Crippen LogP contribution is 2.27. The Morgan fingerprint density at radius 2 is 1.84 bits per heavy atom. The van der Waals surface area contributed by atoms with E-state index < -0.39 is 0 Å². The number of unbranched alkanes of at least 4 members (excludes halogenated alkanes) is 1. The predicted molar refractivity (Wildman–Crippen MR) is 123 cm³/mol. The zero-order chi connectivity index (χ0) is 22.8. The van der Waals surface area contributed by atoms with Crippen molar-refractivity contribution in [2.75, 3.05) is 19.8 Å². The smallest absolute Gasteiger partial charge is 0.344 e. The minimum absolute atomic E-state index is 0.101. The first-order valence-electron chi connectivity index (χ1n) is 11.2. The maximum Gasteiger partial charge on any atom is 0.344 e. The second-order valence-corrected chi connectivity index (χ2v) is 7.45. The van der Waals surface area contributed by atoms with Crippen LogP contribution in [0.1, 0.15) is 43.7 Å². The molecule has 0 aliphatic carbocycles. The van der Waals surface area contributed by atoms with E-state index in [9.17, 15) is 4.79 Å². The number of hydrogen-bond donors (Lipinski definition) is 0. The van der Waals surface area contributed by atoms with Crippen molar-refractivity contribution in [3.63, 3.8) is 0 Å². The molecule has 3 aromatic rings. The van der Waals surface area contributed by atoms with Gasteiger partial charge < -0.3 is 18.6 Å². The maximum atomic E-state index is 11.6. The molecule has 0 saturated carbocycles. The van der Waals surface area contributed by atoms with Gasteiger partial charge in [0, 0.05) is 12.0 Å². The van der Waals surface area contributed by atoms with Crippen molar-refractivity contribution in [2.24, 2.45) is 0 Å². The molecule has 6 heteroatoms. The van der Waals surface area contributed by atoms with Gasteiger partial charge in [-0.1, -0.05) is 31.5 Å². The fraction of sp³-hybridized carbons (Fsp3) is 0.385. The Kier molecular flexibility index (Phi) is 8.72. The lowest BCUT2D eigenvalue weighted by atomic mass is 10.1. The summed E-state index contributed by atoms with van der Waals surface area (Å²) >= 11 is 0. The molecule has 0 N–H and O–H groups in total. The van der Waals surface area contributed by atoms with Crippen molar-refractivity contribution < 1.29 is 23.4 Å². The number of hydrogen-bond acceptors (Lipinski definition) is 6. The van der Waals surface area contributed by atoms with Crippen molar-refractivity contribution in [1.82, 2.24) is 4.98 Å². The number of oxazole rings is 1. The highest BCUT2D eigenvalue weighted by molar-refractivity contribution is 5.71. The number of carbonyl (C=O) groups excluding carboxylic acids is 1. The third-order valence-corrected chi connectivity index (χ3v) is 5.00. The normalized spacial score (nSPS) is 10.7. The molecular formula is C26H31NO5. The fourth-order valence-corrected chi connectivity index (χ4v) is 3.32. The molecule has 170 valence electrons. The number of benzene rings is 2. The number of nitrogens with zero attached hydrogens (tertiary/aromatic N) is 1. The molecule has 0 atom stereocenters. The van der Waals surface area contributed by atoms with E-state index in [1.165, 1.54) is 0 Å². The molecule has 0 bridgehead atoms. The van der Waals surface area contributed by atoms with Crippen molar-refractivity contribution in [1.29, 1.82) is 0 Å². The van der Waals surface area contributed by atoms with Gasteiger partial charge >= 0.3 is 5.97 Å². The van der Waals surface area contributed by atoms with Crippen LogP contribution in [0.3, 0.4) is 0 Å². The SMILES string of the molecule is CCCCc1cc(OCC(=O)OCC)ccc1OCCc1nc(-c2ccccc2)oc1C. The van der Waals surface area contributed by atoms with Crippen molar-refractivity contribution in [3.8, 4) is 23.0 Å². The summed E-state index contributed by atoms with van der Waals surface area (Å²) in [6.45, 7) is 6.58. The van der Waals surface area contributed by atoms with E-state index in [1.54, 1.807) is 6.92 Å². The number of esters is 1. The molecule has 0 spiro atoms. The van der Waals surface area contributed by atoms with Gasteiger partial charge in [0.05, 0.1) is 18.9 Å². The number of aryl methyl sites for hydroxylation is 2. The van der Waals surface area contributed by atoms with E-state index in [0.717, 1.165) is 47.6 Å². The van der Waals surface area contributed by atoms with Crippen molar-refractivity contribution in [2.45, 2.75) is 46.5 Å². The Morgan fingerprint density at radius 3 is 2.59 bits per heavy atom. The lowest BCUT2D eigenvalue weighted by molar-refractivity contribution is -0.145. The van der Waals surface area contributed by atoms with Crippen LogP contribution in [0, 0.1) is 6.92 Å². The van der Waals surface area contributed by atoms with Crippen LogP contribution in [0.25, 0.3) is 11.5 Å². The zero-order valence-electron chi connectivity index (χ0n) is 19.1. The molecule has 0 saturated heterocycles. The van der Waals surface area contributed by atoms with E-state index in [-0.39, 0.29) is 12.6 Å². The summed E-state index contributed by atoms with van der Waals surface area (Å²) in [4.78, 5) is 16.2. The van der Waals surface area contributed by atoms with Crippen LogP contribution >= 0.6 is 0 Å². The van der Waals surface area contributed by atoms with Gasteiger partial charge in [-0.05, 0) is 62.6 Å². The number of rotatable bonds is 12. The van der Waals surface area contributed by atoms with Crippen LogP contribution < -0.4 is 9.47 Å². The topological polar surface area (TPSA) is 70.8 Å². The second kappa shape index (κ2) is 11.9. The first-order valence-corrected chi connectivity index (χ1v) is 11.2. The lowest BCUT2D eigenvalue weighted by Crippen LogP contribution is -2.14. The van der Waals surface area contributed by atoms with Crippen molar-refractivity contribution in [3.05, 3.63) is 65.5 Å². The standard InChI is InChI=1S/C26H31NO5/c1-4-6-10-21-17-22(31-18-25(28)29-5-2)13-14-24(21)30-16-15-23-19(3)32-26(27-23)20-11-8-7-9-12-20/h7-9,11-14,17H,4-6,10,15-16,18H2,1-3H3. The third kappa shape index (κ3) is 6.61. The molecule has 0 fully saturated rings. The van der Waals surface area contributed by atoms with Gasteiger partial charge in [0.25, 0.3) is 0 Å². The largest absolute Gasteiger partial charge is 0.493 e. The predicted octanol–water partition coefficient (Wildman–Crippen LogP) is 5.56. The van der Waals surface area contributed by atoms with Gasteiger partial charge in [-0.2, -0.15) is 0 Å². The van der Waals surface area contributed by atoms with Gasteiger partial charge in [-0.25, -0.2) is 9.78 Å². The van der Waals surface area contributed by atoms with Crippen LogP contribution in [0.2, 0.25) is 0 Å². The van der Waals surface area contributed by atoms with Crippen LogP contribution in [-0.2, 0) is 22.4 Å². The Balaban J connectivity index is 1.62. The lowest BCUT2D eigenvalue weighted by Gasteiger charge is -2.13. The first kappa shape index (κ1) is 23.4. The Hall–Kier alpha value is -3.28. The number of aromatic nitrogens is 1. The summed E-state index contributed by atoms with van der Waals surface area (Å²) in [5.74, 6) is 2.52. The van der Waals surface area contributed by atoms with Gasteiger partial charge in [0.1, 0.15) is 17.3 Å². The molecule has 0 amide bonds. The average Bonchev–Trinajstić information content (AvgIpc) is 3.18. The van der Waals surface area contributed by atoms with E-state index >= 15 is 0 Å². The fourth-order valence-electron chi connectivity index (χ4n) is 3.32. The molecule has 32 heavy (non-hydrogen) atoms. The molecule has 0 aliphatic heterocycles. The van der Waals surface area contributed by atoms with Crippen LogP contribution in [0.5, 0.6) is 11.5 Å². The van der Waals surface area contributed by atoms with Crippen molar-refractivity contribution >= 4 is 5.97 Å². The summed E-state index contributed by atoms with van der Waals surface area (Å²) in [6.07, 6.45) is 3.65. The molecule has 6 nitrogen and oxygen atoms in total. The zero-order valence-corrected chi connectivity index (χ0v) is 19.1. The van der Waals surface area contributed by atoms with Crippen LogP contribution in [0.4, 0.5) is 0 Å². The van der Waals surface area contributed by atoms with Gasteiger partial charge in [0.15, 0.2) is 6.61 Å². The summed E-state index contributed by atoms with van der Waals surface area (Å²) in [5, 5.41) is 0. The molecule has 1 aromatic heterocycles. The second-order valence-electron chi connectivity index (χ2n) is 7.45. The maximum absolute atomic E-state index is 11.6. The van der Waals surface area contributed by atoms with Crippen LogP contribution in [0.15, 0.2) is 52.9 Å². The Labute approximate surface area is 189 Å². The summed E-state index contributed by atoms with van der Waals surface area (Å²) in [5.41, 5.74) is 2.92. The van der Waals surface area contributed by atoms with Gasteiger partial charge in [-0.3, -0.25) is 0 Å². The first-order chi connectivity index (χ1) is 15.6. The van der Waals surface area contributed by atoms with Gasteiger partial charge in [-0.15, -0.1) is 0 Å². The monoisotopic (exact) mass is 437 g/mol. The quantitative estimate of drug-likeness (QED) is 0.346. The molecular weight excluding hydrogens is 406 g/mol. The van der Waals surface area contributed by atoms with E-state index in [0.29, 0.717) is 31.3 Å². The van der Waals surface area contributed by atoms with E-state index in [2.05, 4.69) is 11.9 Å². The number of carbonyl (C=O) groups is 1. The Bertz CT molecular complexity index is 997. The summed E-state index contributed by atoms with van der Waals surface area (Å²) in [7, 11) is 0. The molecule has 0 aliphatic rings. The summed E-state index contributed by atoms with van der Waals surface area (Å²) < 4.78 is 22.4. The molecule has 2 aromatic carbocycles. The minimum Gasteiger partial charge on any atom is -0.493 e. The van der Waals surface area contributed by atoms with Gasteiger partial charge in [0.2, 0.25) is 5.89 Å². The minimum atomic E-state index is -0.374. The Morgan fingerprint density at radius 1 is 1.03 bits per heavy atom. The molecule has 0 unspecified atom stereocenters. The van der Waals surface area contributed by atoms with Crippen LogP contribution in [-0.4, -0.2) is 30.8 Å². The van der Waals surface area contributed by atoms with E-state index in [4.69, 9.17) is 18.6 Å². The highest BCUT2D eigenvalue weighted by Gasteiger charge is 2.13.